The number of rotatable bonds is 4. The van der Waals surface area contributed by atoms with Gasteiger partial charge in [-0.25, -0.2) is 4.98 Å². The highest BCUT2D eigenvalue weighted by Gasteiger charge is 2.30. The van der Waals surface area contributed by atoms with Crippen molar-refractivity contribution >= 4 is 45.5 Å². The Morgan fingerprint density at radius 2 is 1.73 bits per heavy atom. The molecule has 33 heavy (non-hydrogen) atoms. The van der Waals surface area contributed by atoms with Gasteiger partial charge < -0.3 is 15.5 Å². The van der Waals surface area contributed by atoms with Crippen molar-refractivity contribution in [1.29, 1.82) is 0 Å². The van der Waals surface area contributed by atoms with Crippen LogP contribution >= 0.6 is 22.9 Å². The molecule has 2 aromatic carbocycles. The molecule has 2 unspecified atom stereocenters. The van der Waals surface area contributed by atoms with Crippen LogP contribution in [0.15, 0.2) is 36.4 Å². The first-order valence-electron chi connectivity index (χ1n) is 11.4. The summed E-state index contributed by atoms with van der Waals surface area (Å²) in [5, 5.41) is 9.51. The van der Waals surface area contributed by atoms with Gasteiger partial charge >= 0.3 is 0 Å². The van der Waals surface area contributed by atoms with Gasteiger partial charge in [-0.15, -0.1) is 11.3 Å². The summed E-state index contributed by atoms with van der Waals surface area (Å²) >= 11 is 7.56. The third kappa shape index (κ3) is 4.90. The number of fused-ring (bicyclic) bond motifs is 2. The Balaban J connectivity index is 1.27. The third-order valence-electron chi connectivity index (χ3n) is 6.58. The van der Waals surface area contributed by atoms with Crippen LogP contribution in [0.5, 0.6) is 0 Å². The SMILES string of the molecule is CN1CCc2nc(C(=O)NC3CCCCC3NC(=O)c3ccc4cc(Cl)ccc4c3)sc2C1. The van der Waals surface area contributed by atoms with Crippen LogP contribution in [0.25, 0.3) is 10.8 Å². The number of hydrogen-bond acceptors (Lipinski definition) is 5. The first-order chi connectivity index (χ1) is 16.0. The van der Waals surface area contributed by atoms with Crippen molar-refractivity contribution < 1.29 is 9.59 Å². The predicted octanol–water partition coefficient (Wildman–Crippen LogP) is 4.41. The molecule has 1 fully saturated rings. The summed E-state index contributed by atoms with van der Waals surface area (Å²) in [6.45, 7) is 1.82. The molecule has 2 aliphatic rings. The molecule has 1 aromatic heterocycles. The molecule has 5 rings (SSSR count). The van der Waals surface area contributed by atoms with Crippen LogP contribution in [-0.4, -0.2) is 47.4 Å². The van der Waals surface area contributed by atoms with Crippen LogP contribution in [0, 0.1) is 0 Å². The summed E-state index contributed by atoms with van der Waals surface area (Å²) in [6, 6.07) is 11.1. The van der Waals surface area contributed by atoms with Crippen molar-refractivity contribution in [2.75, 3.05) is 13.6 Å². The van der Waals surface area contributed by atoms with Crippen molar-refractivity contribution in [2.24, 2.45) is 0 Å². The van der Waals surface area contributed by atoms with E-state index in [1.807, 2.05) is 36.4 Å². The molecule has 2 atom stereocenters. The van der Waals surface area contributed by atoms with Crippen molar-refractivity contribution in [3.05, 3.63) is 62.6 Å². The average molecular weight is 483 g/mol. The topological polar surface area (TPSA) is 74.3 Å². The predicted molar refractivity (Wildman–Crippen MR) is 132 cm³/mol. The monoisotopic (exact) mass is 482 g/mol. The van der Waals surface area contributed by atoms with Gasteiger partial charge in [0.25, 0.3) is 11.8 Å². The van der Waals surface area contributed by atoms with E-state index in [4.69, 9.17) is 11.6 Å². The van der Waals surface area contributed by atoms with Gasteiger partial charge in [-0.1, -0.05) is 36.6 Å². The summed E-state index contributed by atoms with van der Waals surface area (Å²) in [5.41, 5.74) is 1.66. The fourth-order valence-electron chi connectivity index (χ4n) is 4.74. The zero-order valence-corrected chi connectivity index (χ0v) is 20.1. The van der Waals surface area contributed by atoms with Crippen molar-refractivity contribution in [3.63, 3.8) is 0 Å². The summed E-state index contributed by atoms with van der Waals surface area (Å²) in [5.74, 6) is -0.253. The van der Waals surface area contributed by atoms with Crippen LogP contribution in [0.4, 0.5) is 0 Å². The molecular formula is C25H27ClN4O2S. The summed E-state index contributed by atoms with van der Waals surface area (Å²) in [4.78, 5) is 34.0. The smallest absolute Gasteiger partial charge is 0.280 e. The number of thiazole rings is 1. The molecule has 2 N–H and O–H groups in total. The minimum Gasteiger partial charge on any atom is -0.347 e. The van der Waals surface area contributed by atoms with Crippen LogP contribution in [-0.2, 0) is 13.0 Å². The lowest BCUT2D eigenvalue weighted by Gasteiger charge is -2.32. The Hall–Kier alpha value is -2.48. The number of halogens is 1. The standard InChI is InChI=1S/C25H27ClN4O2S/c1-30-11-10-21-22(14-30)33-25(29-21)24(32)28-20-5-3-2-4-19(20)27-23(31)17-7-6-16-13-18(26)9-8-15(16)12-17/h6-9,12-13,19-20H,2-5,10-11,14H2,1H3,(H,27,31)(H,28,32). The van der Waals surface area contributed by atoms with Crippen LogP contribution in [0.1, 0.15) is 56.4 Å². The van der Waals surface area contributed by atoms with E-state index in [9.17, 15) is 9.59 Å². The van der Waals surface area contributed by atoms with Crippen LogP contribution < -0.4 is 10.6 Å². The highest BCUT2D eigenvalue weighted by atomic mass is 35.5. The van der Waals surface area contributed by atoms with Gasteiger partial charge in [0.2, 0.25) is 0 Å². The van der Waals surface area contributed by atoms with E-state index in [0.717, 1.165) is 61.7 Å². The van der Waals surface area contributed by atoms with E-state index < -0.39 is 0 Å². The molecule has 2 amide bonds. The molecule has 2 heterocycles. The molecule has 3 aromatic rings. The second-order valence-corrected chi connectivity index (χ2v) is 10.5. The van der Waals surface area contributed by atoms with Crippen molar-refractivity contribution in [1.82, 2.24) is 20.5 Å². The molecule has 172 valence electrons. The zero-order valence-electron chi connectivity index (χ0n) is 18.6. The normalized spacial score (nSPS) is 20.9. The van der Waals surface area contributed by atoms with Crippen LogP contribution in [0.3, 0.4) is 0 Å². The maximum atomic E-state index is 13.0. The summed E-state index contributed by atoms with van der Waals surface area (Å²) < 4.78 is 0. The Bertz CT molecular complexity index is 1210. The molecule has 1 aliphatic carbocycles. The Morgan fingerprint density at radius 1 is 1.03 bits per heavy atom. The third-order valence-corrected chi connectivity index (χ3v) is 7.90. The minimum atomic E-state index is -0.134. The quantitative estimate of drug-likeness (QED) is 0.577. The van der Waals surface area contributed by atoms with E-state index in [1.54, 1.807) is 0 Å². The van der Waals surface area contributed by atoms with Gasteiger partial charge in [0.1, 0.15) is 0 Å². The summed E-state index contributed by atoms with van der Waals surface area (Å²) in [7, 11) is 2.09. The van der Waals surface area contributed by atoms with Gasteiger partial charge in [0.05, 0.1) is 5.69 Å². The van der Waals surface area contributed by atoms with E-state index >= 15 is 0 Å². The van der Waals surface area contributed by atoms with Gasteiger partial charge in [0.15, 0.2) is 5.01 Å². The Morgan fingerprint density at radius 3 is 2.52 bits per heavy atom. The molecule has 8 heteroatoms. The molecule has 0 saturated heterocycles. The maximum absolute atomic E-state index is 13.0. The summed E-state index contributed by atoms with van der Waals surface area (Å²) in [6.07, 6.45) is 4.65. The minimum absolute atomic E-state index is 0.0990. The lowest BCUT2D eigenvalue weighted by Crippen LogP contribution is -2.53. The Labute approximate surface area is 202 Å². The zero-order chi connectivity index (χ0) is 22.9. The van der Waals surface area contributed by atoms with Gasteiger partial charge in [-0.2, -0.15) is 0 Å². The second kappa shape index (κ2) is 9.41. The first-order valence-corrected chi connectivity index (χ1v) is 12.6. The lowest BCUT2D eigenvalue weighted by molar-refractivity contribution is 0.0862. The fraction of sp³-hybridized carbons (Fsp3) is 0.400. The number of amides is 2. The molecule has 6 nitrogen and oxygen atoms in total. The van der Waals surface area contributed by atoms with Gasteiger partial charge in [-0.05, 0) is 54.9 Å². The number of aromatic nitrogens is 1. The highest BCUT2D eigenvalue weighted by molar-refractivity contribution is 7.13. The van der Waals surface area contributed by atoms with E-state index in [-0.39, 0.29) is 23.9 Å². The molecule has 0 spiro atoms. The van der Waals surface area contributed by atoms with E-state index in [0.29, 0.717) is 15.6 Å². The number of likely N-dealkylation sites (N-methyl/N-ethyl adjacent to an activating group) is 1. The largest absolute Gasteiger partial charge is 0.347 e. The number of carbonyl (C=O) groups is 2. The van der Waals surface area contributed by atoms with Crippen molar-refractivity contribution in [2.45, 2.75) is 50.7 Å². The number of benzene rings is 2. The molecule has 0 radical (unpaired) electrons. The van der Waals surface area contributed by atoms with Gasteiger partial charge in [-0.3, -0.25) is 9.59 Å². The molecule has 1 aliphatic heterocycles. The van der Waals surface area contributed by atoms with E-state index in [1.165, 1.54) is 16.2 Å². The first kappa shape index (κ1) is 22.3. The van der Waals surface area contributed by atoms with Crippen molar-refractivity contribution in [3.8, 4) is 0 Å². The fourth-order valence-corrected chi connectivity index (χ4v) is 6.01. The second-order valence-electron chi connectivity index (χ2n) is 9.03. The maximum Gasteiger partial charge on any atom is 0.280 e. The molecule has 0 bridgehead atoms. The van der Waals surface area contributed by atoms with E-state index in [2.05, 4.69) is 27.6 Å². The molecular weight excluding hydrogens is 456 g/mol. The highest BCUT2D eigenvalue weighted by Crippen LogP contribution is 2.26. The Kier molecular flexibility index (Phi) is 6.36. The lowest BCUT2D eigenvalue weighted by atomic mass is 9.90. The number of nitrogens with zero attached hydrogens (tertiary/aromatic N) is 2. The van der Waals surface area contributed by atoms with Gasteiger partial charge in [0, 0.05) is 47.1 Å². The number of nitrogens with one attached hydrogen (secondary N) is 2. The number of hydrogen-bond donors (Lipinski definition) is 2. The number of carbonyl (C=O) groups excluding carboxylic acids is 2. The van der Waals surface area contributed by atoms with Crippen LogP contribution in [0.2, 0.25) is 5.02 Å². The molecule has 1 saturated carbocycles. The average Bonchev–Trinajstić information content (AvgIpc) is 3.23.